The lowest BCUT2D eigenvalue weighted by Crippen LogP contribution is -2.40. The van der Waals surface area contributed by atoms with Crippen LogP contribution in [-0.4, -0.2) is 59.6 Å². The van der Waals surface area contributed by atoms with Crippen molar-refractivity contribution < 1.29 is 24.8 Å². The minimum absolute atomic E-state index is 0.0701. The summed E-state index contributed by atoms with van der Waals surface area (Å²) in [5.74, 6) is 0. The molecule has 0 unspecified atom stereocenters. The van der Waals surface area contributed by atoms with Crippen LogP contribution in [0.25, 0.3) is 0 Å². The maximum absolute atomic E-state index is 9.82. The maximum atomic E-state index is 9.82. The van der Waals surface area contributed by atoms with Crippen molar-refractivity contribution in [2.75, 3.05) is 19.8 Å². The number of hydrogen-bond acceptors (Lipinski definition) is 5. The first kappa shape index (κ1) is 17.9. The van der Waals surface area contributed by atoms with E-state index in [1.54, 1.807) is 0 Å². The Bertz CT molecular complexity index is 236. The van der Waals surface area contributed by atoms with Gasteiger partial charge in [0.25, 0.3) is 0 Å². The van der Waals surface area contributed by atoms with Gasteiger partial charge in [-0.3, -0.25) is 0 Å². The van der Waals surface area contributed by atoms with Crippen LogP contribution in [-0.2, 0) is 9.47 Å². The van der Waals surface area contributed by atoms with Gasteiger partial charge < -0.3 is 24.8 Å². The van der Waals surface area contributed by atoms with E-state index in [0.29, 0.717) is 6.61 Å². The zero-order valence-electron chi connectivity index (χ0n) is 12.5. The largest absolute Gasteiger partial charge is 0.388 e. The summed E-state index contributed by atoms with van der Waals surface area (Å²) in [6.45, 7) is 3.05. The summed E-state index contributed by atoms with van der Waals surface area (Å²) in [6.07, 6.45) is 5.03. The molecule has 0 aromatic rings. The van der Waals surface area contributed by atoms with E-state index in [0.717, 1.165) is 12.8 Å². The SMILES string of the molecule is CCCCCCCCCOC[C@@H](O)[C@@H]1OC[C@H](O)[C@@H]1O. The van der Waals surface area contributed by atoms with E-state index in [-0.39, 0.29) is 13.2 Å². The molecule has 0 aromatic heterocycles. The summed E-state index contributed by atoms with van der Waals surface area (Å²) in [6, 6.07) is 0. The van der Waals surface area contributed by atoms with Crippen molar-refractivity contribution >= 4 is 0 Å². The van der Waals surface area contributed by atoms with Crippen molar-refractivity contribution in [3.8, 4) is 0 Å². The van der Waals surface area contributed by atoms with Gasteiger partial charge in [0.1, 0.15) is 24.4 Å². The minimum Gasteiger partial charge on any atom is -0.388 e. The summed E-state index contributed by atoms with van der Waals surface area (Å²) in [4.78, 5) is 0. The molecule has 3 N–H and O–H groups in total. The minimum atomic E-state index is -1.02. The fourth-order valence-corrected chi connectivity index (χ4v) is 2.42. The van der Waals surface area contributed by atoms with Gasteiger partial charge in [-0.05, 0) is 6.42 Å². The van der Waals surface area contributed by atoms with Crippen LogP contribution in [0.15, 0.2) is 0 Å². The van der Waals surface area contributed by atoms with Crippen molar-refractivity contribution in [2.45, 2.75) is 76.3 Å². The second kappa shape index (κ2) is 10.5. The molecule has 20 heavy (non-hydrogen) atoms. The number of hydrogen-bond donors (Lipinski definition) is 3. The Hall–Kier alpha value is -0.200. The molecule has 5 nitrogen and oxygen atoms in total. The van der Waals surface area contributed by atoms with Crippen molar-refractivity contribution in [3.63, 3.8) is 0 Å². The molecule has 0 amide bonds. The number of rotatable bonds is 11. The van der Waals surface area contributed by atoms with Crippen molar-refractivity contribution in [1.82, 2.24) is 0 Å². The molecule has 0 bridgehead atoms. The first-order valence-corrected chi connectivity index (χ1v) is 7.90. The van der Waals surface area contributed by atoms with E-state index in [2.05, 4.69) is 6.92 Å². The van der Waals surface area contributed by atoms with Gasteiger partial charge in [-0.15, -0.1) is 0 Å². The number of ether oxygens (including phenoxy) is 2. The van der Waals surface area contributed by atoms with Crippen molar-refractivity contribution in [3.05, 3.63) is 0 Å². The second-order valence-electron chi connectivity index (χ2n) is 5.62. The predicted molar refractivity (Wildman–Crippen MR) is 76.6 cm³/mol. The number of unbranched alkanes of at least 4 members (excludes halogenated alkanes) is 6. The second-order valence-corrected chi connectivity index (χ2v) is 5.62. The van der Waals surface area contributed by atoms with Crippen LogP contribution in [0, 0.1) is 0 Å². The van der Waals surface area contributed by atoms with Gasteiger partial charge in [0.05, 0.1) is 13.2 Å². The van der Waals surface area contributed by atoms with Crippen LogP contribution in [0.1, 0.15) is 51.9 Å². The zero-order chi connectivity index (χ0) is 14.8. The molecule has 1 rings (SSSR count). The molecule has 120 valence electrons. The summed E-state index contributed by atoms with van der Waals surface area (Å²) in [5.41, 5.74) is 0. The highest BCUT2D eigenvalue weighted by atomic mass is 16.5. The van der Waals surface area contributed by atoms with Crippen LogP contribution in [0.3, 0.4) is 0 Å². The third kappa shape index (κ3) is 6.50. The lowest BCUT2D eigenvalue weighted by atomic mass is 10.1. The monoisotopic (exact) mass is 290 g/mol. The number of aliphatic hydroxyl groups is 3. The molecular formula is C15H30O5. The third-order valence-corrected chi connectivity index (χ3v) is 3.75. The van der Waals surface area contributed by atoms with Gasteiger partial charge in [0.15, 0.2) is 0 Å². The van der Waals surface area contributed by atoms with Gasteiger partial charge >= 0.3 is 0 Å². The predicted octanol–water partition coefficient (Wildman–Crippen LogP) is 1.24. The summed E-state index contributed by atoms with van der Waals surface area (Å²) in [5, 5.41) is 28.7. The summed E-state index contributed by atoms with van der Waals surface area (Å²) >= 11 is 0. The van der Waals surface area contributed by atoms with E-state index in [1.807, 2.05) is 0 Å². The number of aliphatic hydroxyl groups excluding tert-OH is 3. The summed E-state index contributed by atoms with van der Waals surface area (Å²) < 4.78 is 10.5. The first-order chi connectivity index (χ1) is 9.66. The van der Waals surface area contributed by atoms with Crippen LogP contribution in [0.4, 0.5) is 0 Å². The van der Waals surface area contributed by atoms with Gasteiger partial charge in [-0.2, -0.15) is 0 Å². The van der Waals surface area contributed by atoms with Gasteiger partial charge in [-0.1, -0.05) is 45.4 Å². The smallest absolute Gasteiger partial charge is 0.114 e. The van der Waals surface area contributed by atoms with Gasteiger partial charge in [-0.25, -0.2) is 0 Å². The van der Waals surface area contributed by atoms with Crippen molar-refractivity contribution in [1.29, 1.82) is 0 Å². The maximum Gasteiger partial charge on any atom is 0.114 e. The zero-order valence-corrected chi connectivity index (χ0v) is 12.5. The average molecular weight is 290 g/mol. The molecule has 0 aromatic carbocycles. The molecule has 1 fully saturated rings. The van der Waals surface area contributed by atoms with Crippen LogP contribution < -0.4 is 0 Å². The first-order valence-electron chi connectivity index (χ1n) is 7.90. The molecule has 1 aliphatic rings. The molecule has 0 saturated carbocycles. The van der Waals surface area contributed by atoms with Crippen LogP contribution >= 0.6 is 0 Å². The molecule has 1 aliphatic heterocycles. The van der Waals surface area contributed by atoms with E-state index >= 15 is 0 Å². The lowest BCUT2D eigenvalue weighted by molar-refractivity contribution is -0.0813. The van der Waals surface area contributed by atoms with Crippen LogP contribution in [0.2, 0.25) is 0 Å². The van der Waals surface area contributed by atoms with E-state index in [4.69, 9.17) is 9.47 Å². The summed E-state index contributed by atoms with van der Waals surface area (Å²) in [7, 11) is 0. The highest BCUT2D eigenvalue weighted by molar-refractivity contribution is 4.87. The molecule has 1 heterocycles. The van der Waals surface area contributed by atoms with Crippen molar-refractivity contribution in [2.24, 2.45) is 0 Å². The standard InChI is InChI=1S/C15H30O5/c1-2-3-4-5-6-7-8-9-19-10-13(17)15-14(18)12(16)11-20-15/h12-18H,2-11H2,1H3/t12-,13+,14-,15-/m0/s1. The Morgan fingerprint density at radius 2 is 1.75 bits per heavy atom. The Morgan fingerprint density at radius 3 is 2.35 bits per heavy atom. The van der Waals surface area contributed by atoms with E-state index < -0.39 is 24.4 Å². The molecule has 0 spiro atoms. The highest BCUT2D eigenvalue weighted by Gasteiger charge is 2.39. The lowest BCUT2D eigenvalue weighted by Gasteiger charge is -2.20. The normalized spacial score (nSPS) is 27.9. The Kier molecular flexibility index (Phi) is 9.39. The molecule has 1 saturated heterocycles. The fraction of sp³-hybridized carbons (Fsp3) is 1.00. The molecular weight excluding hydrogens is 260 g/mol. The molecule has 4 atom stereocenters. The third-order valence-electron chi connectivity index (χ3n) is 3.75. The van der Waals surface area contributed by atoms with E-state index in [1.165, 1.54) is 32.1 Å². The Balaban J connectivity index is 1.93. The molecule has 0 aliphatic carbocycles. The molecule has 5 heteroatoms. The van der Waals surface area contributed by atoms with Gasteiger partial charge in [0.2, 0.25) is 0 Å². The quantitative estimate of drug-likeness (QED) is 0.499. The fourth-order valence-electron chi connectivity index (χ4n) is 2.42. The van der Waals surface area contributed by atoms with Crippen LogP contribution in [0.5, 0.6) is 0 Å². The van der Waals surface area contributed by atoms with E-state index in [9.17, 15) is 15.3 Å². The molecule has 0 radical (unpaired) electrons. The van der Waals surface area contributed by atoms with Gasteiger partial charge in [0, 0.05) is 6.61 Å². The Labute approximate surface area is 121 Å². The highest BCUT2D eigenvalue weighted by Crippen LogP contribution is 2.17. The Morgan fingerprint density at radius 1 is 1.10 bits per heavy atom. The topological polar surface area (TPSA) is 79.2 Å². The average Bonchev–Trinajstić information content (AvgIpc) is 2.77.